The van der Waals surface area contributed by atoms with Crippen molar-refractivity contribution < 1.29 is 19.7 Å². The van der Waals surface area contributed by atoms with E-state index >= 15 is 0 Å². The summed E-state index contributed by atoms with van der Waals surface area (Å²) in [6.45, 7) is 5.79. The molecule has 0 fully saturated rings. The predicted octanol–water partition coefficient (Wildman–Crippen LogP) is 3.27. The average Bonchev–Trinajstić information content (AvgIpc) is 2.72. The van der Waals surface area contributed by atoms with Crippen LogP contribution in [0.15, 0.2) is 36.4 Å². The molecule has 3 rings (SSSR count). The summed E-state index contributed by atoms with van der Waals surface area (Å²) in [5.41, 5.74) is 1.44. The van der Waals surface area contributed by atoms with Crippen molar-refractivity contribution in [2.24, 2.45) is 5.92 Å². The van der Waals surface area contributed by atoms with Crippen LogP contribution in [0.1, 0.15) is 30.5 Å². The first-order chi connectivity index (χ1) is 10.4. The van der Waals surface area contributed by atoms with Gasteiger partial charge in [-0.15, -0.1) is 0 Å². The maximum atomic E-state index is 12.8. The Balaban J connectivity index is 2.34. The van der Waals surface area contributed by atoms with Gasteiger partial charge in [-0.05, 0) is 42.2 Å². The summed E-state index contributed by atoms with van der Waals surface area (Å²) in [6.07, 6.45) is 0. The number of hydrogen-bond donors (Lipinski definition) is 2. The fraction of sp³-hybridized carbons (Fsp3) is 0.278. The van der Waals surface area contributed by atoms with Crippen LogP contribution in [0.3, 0.4) is 0 Å². The maximum Gasteiger partial charge on any atom is 0.326 e. The zero-order valence-electron chi connectivity index (χ0n) is 12.8. The number of carbonyl (C=O) groups excluding carboxylic acids is 1. The van der Waals surface area contributed by atoms with E-state index in [1.807, 2.05) is 20.8 Å². The second-order valence-electron chi connectivity index (χ2n) is 6.03. The minimum atomic E-state index is -0.930. The number of rotatable bonds is 2. The SMILES string of the molecule is Cc1cc(O)cc2c1C(c1ccc(O)cc1)(C(C)C)C(=O)O2. The fourth-order valence-electron chi connectivity index (χ4n) is 3.45. The molecule has 0 saturated carbocycles. The van der Waals surface area contributed by atoms with Crippen molar-refractivity contribution in [3.05, 3.63) is 53.1 Å². The van der Waals surface area contributed by atoms with Gasteiger partial charge in [-0.3, -0.25) is 4.79 Å². The van der Waals surface area contributed by atoms with E-state index in [0.29, 0.717) is 5.75 Å². The standard InChI is InChI=1S/C18H18O4/c1-10(2)18(12-4-6-13(19)7-5-12)16-11(3)8-14(20)9-15(16)22-17(18)21/h4-10,19-20H,1-3H3. The summed E-state index contributed by atoms with van der Waals surface area (Å²) in [7, 11) is 0. The molecule has 4 nitrogen and oxygen atoms in total. The fourth-order valence-corrected chi connectivity index (χ4v) is 3.45. The quantitative estimate of drug-likeness (QED) is 0.659. The molecule has 0 aliphatic carbocycles. The molecule has 4 heteroatoms. The van der Waals surface area contributed by atoms with E-state index in [9.17, 15) is 15.0 Å². The van der Waals surface area contributed by atoms with Crippen LogP contribution in [0.5, 0.6) is 17.2 Å². The molecule has 1 aliphatic rings. The lowest BCUT2D eigenvalue weighted by atomic mass is 9.66. The molecule has 0 aromatic heterocycles. The smallest absolute Gasteiger partial charge is 0.326 e. The minimum absolute atomic E-state index is 0.0472. The molecular formula is C18H18O4. The summed E-state index contributed by atoms with van der Waals surface area (Å²) in [5, 5.41) is 19.3. The molecular weight excluding hydrogens is 280 g/mol. The Kier molecular flexibility index (Phi) is 3.13. The van der Waals surface area contributed by atoms with Gasteiger partial charge in [-0.2, -0.15) is 0 Å². The van der Waals surface area contributed by atoms with Gasteiger partial charge in [0.15, 0.2) is 0 Å². The lowest BCUT2D eigenvalue weighted by molar-refractivity contribution is -0.138. The third-order valence-electron chi connectivity index (χ3n) is 4.39. The summed E-state index contributed by atoms with van der Waals surface area (Å²) in [5.74, 6) is 0.237. The highest BCUT2D eigenvalue weighted by molar-refractivity contribution is 5.95. The first-order valence-corrected chi connectivity index (χ1v) is 7.23. The van der Waals surface area contributed by atoms with E-state index in [-0.39, 0.29) is 23.4 Å². The Labute approximate surface area is 129 Å². The molecule has 0 radical (unpaired) electrons. The molecule has 2 aromatic rings. The van der Waals surface area contributed by atoms with E-state index in [0.717, 1.165) is 16.7 Å². The number of aryl methyl sites for hydroxylation is 1. The molecule has 0 bridgehead atoms. The van der Waals surface area contributed by atoms with Crippen LogP contribution in [0.25, 0.3) is 0 Å². The van der Waals surface area contributed by atoms with E-state index in [1.54, 1.807) is 30.3 Å². The van der Waals surface area contributed by atoms with Crippen molar-refractivity contribution in [3.63, 3.8) is 0 Å². The van der Waals surface area contributed by atoms with Gasteiger partial charge in [0, 0.05) is 11.6 Å². The van der Waals surface area contributed by atoms with Crippen molar-refractivity contribution in [3.8, 4) is 17.2 Å². The average molecular weight is 298 g/mol. The van der Waals surface area contributed by atoms with Crippen LogP contribution >= 0.6 is 0 Å². The van der Waals surface area contributed by atoms with Crippen LogP contribution < -0.4 is 4.74 Å². The van der Waals surface area contributed by atoms with E-state index in [2.05, 4.69) is 0 Å². The monoisotopic (exact) mass is 298 g/mol. The number of hydrogen-bond acceptors (Lipinski definition) is 4. The normalized spacial score (nSPS) is 20.1. The lowest BCUT2D eigenvalue weighted by Gasteiger charge is -2.31. The second kappa shape index (κ2) is 4.77. The van der Waals surface area contributed by atoms with Crippen LogP contribution in [-0.2, 0) is 10.2 Å². The summed E-state index contributed by atoms with van der Waals surface area (Å²) in [4.78, 5) is 12.8. The lowest BCUT2D eigenvalue weighted by Crippen LogP contribution is -2.40. The highest BCUT2D eigenvalue weighted by atomic mass is 16.5. The Bertz CT molecular complexity index is 746. The highest BCUT2D eigenvalue weighted by Crippen LogP contribution is 2.51. The number of esters is 1. The van der Waals surface area contributed by atoms with Gasteiger partial charge in [0.25, 0.3) is 0 Å². The minimum Gasteiger partial charge on any atom is -0.508 e. The third kappa shape index (κ3) is 1.80. The van der Waals surface area contributed by atoms with Gasteiger partial charge in [0.2, 0.25) is 0 Å². The van der Waals surface area contributed by atoms with Crippen LogP contribution in [-0.4, -0.2) is 16.2 Å². The van der Waals surface area contributed by atoms with Gasteiger partial charge in [-0.25, -0.2) is 0 Å². The Morgan fingerprint density at radius 2 is 1.68 bits per heavy atom. The number of ether oxygens (including phenoxy) is 1. The van der Waals surface area contributed by atoms with Gasteiger partial charge in [0.1, 0.15) is 22.7 Å². The Morgan fingerprint density at radius 3 is 2.27 bits per heavy atom. The number of carbonyl (C=O) groups is 1. The van der Waals surface area contributed by atoms with Crippen molar-refractivity contribution in [2.45, 2.75) is 26.2 Å². The number of benzene rings is 2. The molecule has 2 aromatic carbocycles. The molecule has 1 atom stereocenters. The van der Waals surface area contributed by atoms with Crippen molar-refractivity contribution in [1.82, 2.24) is 0 Å². The summed E-state index contributed by atoms with van der Waals surface area (Å²) >= 11 is 0. The zero-order valence-corrected chi connectivity index (χ0v) is 12.8. The Morgan fingerprint density at radius 1 is 1.05 bits per heavy atom. The van der Waals surface area contributed by atoms with Gasteiger partial charge < -0.3 is 14.9 Å². The van der Waals surface area contributed by atoms with Crippen molar-refractivity contribution in [2.75, 3.05) is 0 Å². The molecule has 1 heterocycles. The Hall–Kier alpha value is -2.49. The van der Waals surface area contributed by atoms with Gasteiger partial charge in [0.05, 0.1) is 0 Å². The van der Waals surface area contributed by atoms with Gasteiger partial charge in [-0.1, -0.05) is 26.0 Å². The molecule has 1 aliphatic heterocycles. The first kappa shape index (κ1) is 14.4. The zero-order chi connectivity index (χ0) is 16.1. The largest absolute Gasteiger partial charge is 0.508 e. The van der Waals surface area contributed by atoms with Crippen LogP contribution in [0.4, 0.5) is 0 Å². The third-order valence-corrected chi connectivity index (χ3v) is 4.39. The van der Waals surface area contributed by atoms with E-state index in [4.69, 9.17) is 4.74 Å². The van der Waals surface area contributed by atoms with Crippen molar-refractivity contribution >= 4 is 5.97 Å². The number of phenolic OH excluding ortho intramolecular Hbond substituents is 2. The molecule has 22 heavy (non-hydrogen) atoms. The van der Waals surface area contributed by atoms with E-state index < -0.39 is 5.41 Å². The van der Waals surface area contributed by atoms with Gasteiger partial charge >= 0.3 is 5.97 Å². The summed E-state index contributed by atoms with van der Waals surface area (Å²) in [6, 6.07) is 9.75. The number of aromatic hydroxyl groups is 2. The molecule has 114 valence electrons. The molecule has 2 N–H and O–H groups in total. The number of fused-ring (bicyclic) bond motifs is 1. The maximum absolute atomic E-state index is 12.8. The molecule has 0 amide bonds. The van der Waals surface area contributed by atoms with Crippen LogP contribution in [0, 0.1) is 12.8 Å². The predicted molar refractivity (Wildman–Crippen MR) is 82.2 cm³/mol. The molecule has 0 spiro atoms. The second-order valence-corrected chi connectivity index (χ2v) is 6.03. The highest BCUT2D eigenvalue weighted by Gasteiger charge is 2.53. The first-order valence-electron chi connectivity index (χ1n) is 7.23. The molecule has 0 saturated heterocycles. The van der Waals surface area contributed by atoms with Crippen LogP contribution in [0.2, 0.25) is 0 Å². The van der Waals surface area contributed by atoms with Crippen molar-refractivity contribution in [1.29, 1.82) is 0 Å². The topological polar surface area (TPSA) is 66.8 Å². The number of phenols is 2. The summed E-state index contributed by atoms with van der Waals surface area (Å²) < 4.78 is 5.47. The molecule has 1 unspecified atom stereocenters. The van der Waals surface area contributed by atoms with E-state index in [1.165, 1.54) is 6.07 Å².